The molecule has 1 atom stereocenters. The van der Waals surface area contributed by atoms with Gasteiger partial charge in [0, 0.05) is 56.6 Å². The minimum Gasteiger partial charge on any atom is -0.449 e. The molecule has 1 aliphatic rings. The quantitative estimate of drug-likeness (QED) is 0.185. The molecule has 1 aliphatic carbocycles. The number of hydrogen-bond acceptors (Lipinski definition) is 5. The summed E-state index contributed by atoms with van der Waals surface area (Å²) in [7, 11) is 1.50. The third-order valence-corrected chi connectivity index (χ3v) is 6.98. The Bertz CT molecular complexity index is 1280. The number of carbonyl (C=O) groups is 4. The summed E-state index contributed by atoms with van der Waals surface area (Å²) in [6.45, 7) is 3.32. The maximum atomic E-state index is 13.1. The lowest BCUT2D eigenvalue weighted by Gasteiger charge is -2.15. The Labute approximate surface area is 242 Å². The molecule has 9 nitrogen and oxygen atoms in total. The molecule has 4 N–H and O–H groups in total. The number of hydrogen-bond donors (Lipinski definition) is 4. The van der Waals surface area contributed by atoms with E-state index in [1.807, 2.05) is 24.3 Å². The largest absolute Gasteiger partial charge is 0.449 e. The standard InChI is InChI=1S/C32H40N4O5/c1-4-6-8-9-19-34-28(37)14-11-15-29(38)36-22-16-17-24-26(20-22)27(21-41-32(40)33-3)23-12-10-13-25(30(23)24)31(39)35-18-7-5-2/h1,10,12-13,16-17,20,27H,5-9,11,14-15,18-19,21H2,2-3H3,(H,33,40)(H,34,37)(H,35,39)(H,36,38). The molecule has 0 spiro atoms. The van der Waals surface area contributed by atoms with Crippen LogP contribution in [0.1, 0.15) is 85.7 Å². The van der Waals surface area contributed by atoms with Gasteiger partial charge < -0.3 is 26.0 Å². The van der Waals surface area contributed by atoms with Crippen molar-refractivity contribution in [2.75, 3.05) is 32.1 Å². The van der Waals surface area contributed by atoms with Crippen molar-refractivity contribution in [2.45, 2.75) is 64.2 Å². The van der Waals surface area contributed by atoms with Gasteiger partial charge >= 0.3 is 6.09 Å². The fraction of sp³-hybridized carbons (Fsp3) is 0.438. The SMILES string of the molecule is C#CCCCCNC(=O)CCCC(=O)Nc1ccc2c(c1)C(COC(=O)NC)c1cccc(C(=O)NCCCC)c1-2. The molecule has 0 aromatic heterocycles. The maximum Gasteiger partial charge on any atom is 0.406 e. The van der Waals surface area contributed by atoms with Gasteiger partial charge in [0.1, 0.15) is 6.61 Å². The van der Waals surface area contributed by atoms with E-state index in [4.69, 9.17) is 11.2 Å². The lowest BCUT2D eigenvalue weighted by Crippen LogP contribution is -2.25. The average molecular weight is 561 g/mol. The van der Waals surface area contributed by atoms with E-state index in [-0.39, 0.29) is 43.1 Å². The Hall–Kier alpha value is -4.32. The van der Waals surface area contributed by atoms with Crippen molar-refractivity contribution in [3.05, 3.63) is 53.1 Å². The molecule has 0 bridgehead atoms. The zero-order chi connectivity index (χ0) is 29.6. The highest BCUT2D eigenvalue weighted by molar-refractivity contribution is 6.04. The van der Waals surface area contributed by atoms with E-state index in [0.29, 0.717) is 37.2 Å². The topological polar surface area (TPSA) is 126 Å². The van der Waals surface area contributed by atoms with Crippen LogP contribution < -0.4 is 21.3 Å². The monoisotopic (exact) mass is 560 g/mol. The van der Waals surface area contributed by atoms with Crippen molar-refractivity contribution in [1.82, 2.24) is 16.0 Å². The predicted octanol–water partition coefficient (Wildman–Crippen LogP) is 4.71. The van der Waals surface area contributed by atoms with Gasteiger partial charge in [0.05, 0.1) is 0 Å². The van der Waals surface area contributed by atoms with Gasteiger partial charge in [-0.3, -0.25) is 14.4 Å². The number of carbonyl (C=O) groups excluding carboxylic acids is 4. The van der Waals surface area contributed by atoms with E-state index in [0.717, 1.165) is 47.9 Å². The second-order valence-corrected chi connectivity index (χ2v) is 10.00. The van der Waals surface area contributed by atoms with Crippen LogP contribution in [0.2, 0.25) is 0 Å². The molecule has 0 saturated heterocycles. The van der Waals surface area contributed by atoms with Gasteiger partial charge in [0.2, 0.25) is 11.8 Å². The molecular formula is C32H40N4O5. The number of fused-ring (bicyclic) bond motifs is 3. The molecule has 2 aromatic rings. The van der Waals surface area contributed by atoms with Crippen LogP contribution >= 0.6 is 0 Å². The minimum absolute atomic E-state index is 0.0792. The van der Waals surface area contributed by atoms with Gasteiger partial charge in [0.25, 0.3) is 5.91 Å². The summed E-state index contributed by atoms with van der Waals surface area (Å²) >= 11 is 0. The van der Waals surface area contributed by atoms with E-state index in [1.54, 1.807) is 12.1 Å². The molecule has 0 radical (unpaired) electrons. The number of terminal acetylenes is 1. The molecule has 0 fully saturated rings. The van der Waals surface area contributed by atoms with Crippen LogP contribution in [0.25, 0.3) is 11.1 Å². The first-order valence-electron chi connectivity index (χ1n) is 14.3. The van der Waals surface area contributed by atoms with E-state index >= 15 is 0 Å². The van der Waals surface area contributed by atoms with Crippen LogP contribution in [0.5, 0.6) is 0 Å². The molecule has 2 aromatic carbocycles. The number of ether oxygens (including phenoxy) is 1. The van der Waals surface area contributed by atoms with Crippen LogP contribution in [0.15, 0.2) is 36.4 Å². The lowest BCUT2D eigenvalue weighted by atomic mass is 9.96. The van der Waals surface area contributed by atoms with Crippen molar-refractivity contribution in [3.63, 3.8) is 0 Å². The first-order chi connectivity index (χ1) is 19.9. The molecule has 41 heavy (non-hydrogen) atoms. The molecule has 218 valence electrons. The summed E-state index contributed by atoms with van der Waals surface area (Å²) in [6.07, 6.45) is 9.85. The number of nitrogens with one attached hydrogen (secondary N) is 4. The zero-order valence-corrected chi connectivity index (χ0v) is 23.9. The van der Waals surface area contributed by atoms with Gasteiger partial charge in [-0.05, 0) is 66.1 Å². The number of alkyl carbamates (subject to hydrolysis) is 1. The Morgan fingerprint density at radius 1 is 0.927 bits per heavy atom. The van der Waals surface area contributed by atoms with Crippen LogP contribution in [0.3, 0.4) is 0 Å². The number of rotatable bonds is 15. The van der Waals surface area contributed by atoms with Crippen LogP contribution in [-0.2, 0) is 14.3 Å². The Balaban J connectivity index is 1.70. The van der Waals surface area contributed by atoms with E-state index in [1.165, 1.54) is 7.05 Å². The van der Waals surface area contributed by atoms with Crippen LogP contribution in [0, 0.1) is 12.3 Å². The first-order valence-corrected chi connectivity index (χ1v) is 14.3. The summed E-state index contributed by atoms with van der Waals surface area (Å²) in [5, 5.41) is 11.2. The lowest BCUT2D eigenvalue weighted by molar-refractivity contribution is -0.121. The molecule has 9 heteroatoms. The normalized spacial score (nSPS) is 12.9. The third-order valence-electron chi connectivity index (χ3n) is 6.98. The molecule has 1 unspecified atom stereocenters. The summed E-state index contributed by atoms with van der Waals surface area (Å²) in [5.74, 6) is 1.84. The molecule has 4 amide bonds. The average Bonchev–Trinajstić information content (AvgIpc) is 3.28. The van der Waals surface area contributed by atoms with Gasteiger partial charge in [-0.1, -0.05) is 31.5 Å². The molecule has 0 saturated carbocycles. The summed E-state index contributed by atoms with van der Waals surface area (Å²) in [6, 6.07) is 11.1. The first kappa shape index (κ1) is 31.2. The van der Waals surface area contributed by atoms with Crippen molar-refractivity contribution >= 4 is 29.5 Å². The molecular weight excluding hydrogens is 520 g/mol. The fourth-order valence-corrected chi connectivity index (χ4v) is 4.86. The van der Waals surface area contributed by atoms with E-state index in [9.17, 15) is 19.2 Å². The highest BCUT2D eigenvalue weighted by Crippen LogP contribution is 2.47. The summed E-state index contributed by atoms with van der Waals surface area (Å²) < 4.78 is 5.43. The maximum absolute atomic E-state index is 13.1. The molecule has 3 rings (SSSR count). The highest BCUT2D eigenvalue weighted by Gasteiger charge is 2.33. The smallest absolute Gasteiger partial charge is 0.406 e. The molecule has 0 heterocycles. The number of amides is 4. The van der Waals surface area contributed by atoms with Gasteiger partial charge in [-0.25, -0.2) is 4.79 Å². The number of benzene rings is 2. The van der Waals surface area contributed by atoms with Crippen molar-refractivity contribution in [2.24, 2.45) is 0 Å². The molecule has 0 aliphatic heterocycles. The predicted molar refractivity (Wildman–Crippen MR) is 160 cm³/mol. The minimum atomic E-state index is -0.547. The van der Waals surface area contributed by atoms with Crippen LogP contribution in [-0.4, -0.2) is 50.6 Å². The highest BCUT2D eigenvalue weighted by atomic mass is 16.5. The van der Waals surface area contributed by atoms with Crippen molar-refractivity contribution in [1.29, 1.82) is 0 Å². The van der Waals surface area contributed by atoms with E-state index < -0.39 is 6.09 Å². The van der Waals surface area contributed by atoms with Crippen molar-refractivity contribution < 1.29 is 23.9 Å². The van der Waals surface area contributed by atoms with Crippen LogP contribution in [0.4, 0.5) is 10.5 Å². The Morgan fingerprint density at radius 3 is 2.46 bits per heavy atom. The number of unbranched alkanes of at least 4 members (excludes halogenated alkanes) is 3. The zero-order valence-electron chi connectivity index (χ0n) is 23.9. The summed E-state index contributed by atoms with van der Waals surface area (Å²) in [4.78, 5) is 49.6. The third kappa shape index (κ3) is 8.84. The van der Waals surface area contributed by atoms with Gasteiger partial charge in [-0.2, -0.15) is 0 Å². The van der Waals surface area contributed by atoms with Gasteiger partial charge in [0.15, 0.2) is 0 Å². The number of anilines is 1. The Morgan fingerprint density at radius 2 is 1.71 bits per heavy atom. The summed E-state index contributed by atoms with van der Waals surface area (Å²) in [5.41, 5.74) is 4.58. The van der Waals surface area contributed by atoms with E-state index in [2.05, 4.69) is 34.1 Å². The Kier molecular flexibility index (Phi) is 12.2. The second-order valence-electron chi connectivity index (χ2n) is 10.00. The van der Waals surface area contributed by atoms with Crippen molar-refractivity contribution in [3.8, 4) is 23.5 Å². The second kappa shape index (κ2) is 16.1. The fourth-order valence-electron chi connectivity index (χ4n) is 4.86. The van der Waals surface area contributed by atoms with Gasteiger partial charge in [-0.15, -0.1) is 12.3 Å².